The fourth-order valence-corrected chi connectivity index (χ4v) is 3.04. The first kappa shape index (κ1) is 19.4. The molecule has 1 aliphatic rings. The molecule has 128 valence electrons. The molecular weight excluding hydrogens is 272 g/mol. The van der Waals surface area contributed by atoms with Crippen molar-refractivity contribution in [3.63, 3.8) is 0 Å². The van der Waals surface area contributed by atoms with Gasteiger partial charge in [-0.2, -0.15) is 0 Å². The highest BCUT2D eigenvalue weighted by Gasteiger charge is 2.30. The average molecular weight is 309 g/mol. The van der Waals surface area contributed by atoms with Crippen LogP contribution in [0.25, 0.3) is 0 Å². The lowest BCUT2D eigenvalue weighted by Crippen LogP contribution is -2.28. The number of methoxy groups -OCH3 is 1. The summed E-state index contributed by atoms with van der Waals surface area (Å²) in [6.45, 7) is 13.7. The predicted molar refractivity (Wildman–Crippen MR) is 94.7 cm³/mol. The summed E-state index contributed by atoms with van der Waals surface area (Å²) in [4.78, 5) is 0. The Balaban J connectivity index is 2.64. The monoisotopic (exact) mass is 308 g/mol. The van der Waals surface area contributed by atoms with Crippen LogP contribution in [0.3, 0.4) is 0 Å². The van der Waals surface area contributed by atoms with E-state index in [9.17, 15) is 5.11 Å². The van der Waals surface area contributed by atoms with Crippen molar-refractivity contribution in [3.8, 4) is 0 Å². The Morgan fingerprint density at radius 3 is 2.55 bits per heavy atom. The van der Waals surface area contributed by atoms with E-state index in [1.807, 2.05) is 0 Å². The second-order valence-electron chi connectivity index (χ2n) is 8.46. The standard InChI is InChI=1S/C20H36O2/c1-15(19(2,3)4)10-9-13-20(5,6)17-12-8-11-16(14-17)18(21)22-7/h10,12,16,18,21H,8-9,11,13-14H2,1-7H3. The molecule has 0 aromatic carbocycles. The molecule has 2 atom stereocenters. The Bertz CT molecular complexity index is 410. The van der Waals surface area contributed by atoms with Crippen molar-refractivity contribution < 1.29 is 9.84 Å². The molecule has 0 saturated carbocycles. The summed E-state index contributed by atoms with van der Waals surface area (Å²) in [7, 11) is 1.59. The number of hydrogen-bond acceptors (Lipinski definition) is 2. The zero-order valence-corrected chi connectivity index (χ0v) is 15.7. The van der Waals surface area contributed by atoms with Crippen molar-refractivity contribution in [2.24, 2.45) is 16.7 Å². The van der Waals surface area contributed by atoms with Crippen LogP contribution >= 0.6 is 0 Å². The quantitative estimate of drug-likeness (QED) is 0.520. The molecular formula is C20H36O2. The molecule has 0 aliphatic heterocycles. The van der Waals surface area contributed by atoms with Gasteiger partial charge in [0.1, 0.15) is 0 Å². The molecule has 2 heteroatoms. The van der Waals surface area contributed by atoms with Crippen LogP contribution < -0.4 is 0 Å². The minimum atomic E-state index is -0.623. The molecule has 0 aromatic rings. The minimum Gasteiger partial charge on any atom is -0.368 e. The molecule has 0 radical (unpaired) electrons. The van der Waals surface area contributed by atoms with Gasteiger partial charge in [-0.1, -0.05) is 57.9 Å². The highest BCUT2D eigenvalue weighted by molar-refractivity contribution is 5.17. The van der Waals surface area contributed by atoms with Gasteiger partial charge in [0.05, 0.1) is 0 Å². The van der Waals surface area contributed by atoms with Gasteiger partial charge in [0.25, 0.3) is 0 Å². The van der Waals surface area contributed by atoms with Crippen molar-refractivity contribution in [1.29, 1.82) is 0 Å². The van der Waals surface area contributed by atoms with Gasteiger partial charge in [0, 0.05) is 13.0 Å². The van der Waals surface area contributed by atoms with E-state index in [2.05, 4.69) is 53.7 Å². The Morgan fingerprint density at radius 1 is 1.36 bits per heavy atom. The van der Waals surface area contributed by atoms with Crippen LogP contribution in [0.2, 0.25) is 0 Å². The fraction of sp³-hybridized carbons (Fsp3) is 0.800. The van der Waals surface area contributed by atoms with Gasteiger partial charge in [-0.25, -0.2) is 0 Å². The topological polar surface area (TPSA) is 29.5 Å². The number of aliphatic hydroxyl groups is 1. The number of aliphatic hydroxyl groups excluding tert-OH is 1. The Hall–Kier alpha value is -0.600. The lowest BCUT2D eigenvalue weighted by molar-refractivity contribution is -0.115. The molecule has 0 amide bonds. The third-order valence-electron chi connectivity index (χ3n) is 5.33. The highest BCUT2D eigenvalue weighted by Crippen LogP contribution is 2.41. The molecule has 1 aliphatic carbocycles. The predicted octanol–water partition coefficient (Wildman–Crippen LogP) is 5.48. The van der Waals surface area contributed by atoms with Gasteiger partial charge >= 0.3 is 0 Å². The van der Waals surface area contributed by atoms with Gasteiger partial charge < -0.3 is 9.84 Å². The molecule has 0 spiro atoms. The summed E-state index contributed by atoms with van der Waals surface area (Å²) in [5.41, 5.74) is 3.41. The zero-order valence-electron chi connectivity index (χ0n) is 15.7. The normalized spacial score (nSPS) is 22.5. The first-order valence-electron chi connectivity index (χ1n) is 8.65. The van der Waals surface area contributed by atoms with E-state index in [1.165, 1.54) is 11.1 Å². The molecule has 2 nitrogen and oxygen atoms in total. The van der Waals surface area contributed by atoms with Crippen molar-refractivity contribution in [2.45, 2.75) is 79.9 Å². The van der Waals surface area contributed by atoms with Gasteiger partial charge in [-0.3, -0.25) is 0 Å². The summed E-state index contributed by atoms with van der Waals surface area (Å²) in [5.74, 6) is 0.246. The molecule has 0 fully saturated rings. The van der Waals surface area contributed by atoms with E-state index in [1.54, 1.807) is 7.11 Å². The second kappa shape index (κ2) is 7.79. The van der Waals surface area contributed by atoms with E-state index < -0.39 is 6.29 Å². The van der Waals surface area contributed by atoms with E-state index in [4.69, 9.17) is 4.74 Å². The first-order valence-corrected chi connectivity index (χ1v) is 8.65. The van der Waals surface area contributed by atoms with Gasteiger partial charge in [0.2, 0.25) is 0 Å². The number of rotatable bonds is 6. The molecule has 2 unspecified atom stereocenters. The lowest BCUT2D eigenvalue weighted by atomic mass is 9.72. The van der Waals surface area contributed by atoms with E-state index in [0.717, 1.165) is 32.1 Å². The summed E-state index contributed by atoms with van der Waals surface area (Å²) in [5, 5.41) is 9.95. The van der Waals surface area contributed by atoms with E-state index in [-0.39, 0.29) is 16.7 Å². The molecule has 1 rings (SSSR count). The molecule has 22 heavy (non-hydrogen) atoms. The number of ether oxygens (including phenoxy) is 1. The number of allylic oxidation sites excluding steroid dienone is 4. The van der Waals surface area contributed by atoms with Crippen LogP contribution in [0.15, 0.2) is 23.3 Å². The fourth-order valence-electron chi connectivity index (χ4n) is 3.04. The second-order valence-corrected chi connectivity index (χ2v) is 8.46. The summed E-state index contributed by atoms with van der Waals surface area (Å²) >= 11 is 0. The molecule has 0 saturated heterocycles. The smallest absolute Gasteiger partial charge is 0.157 e. The molecule has 0 aromatic heterocycles. The third-order valence-corrected chi connectivity index (χ3v) is 5.33. The zero-order chi connectivity index (χ0) is 17.0. The van der Waals surface area contributed by atoms with Crippen LogP contribution in [0.1, 0.15) is 73.6 Å². The first-order chi connectivity index (χ1) is 10.1. The molecule has 0 bridgehead atoms. The van der Waals surface area contributed by atoms with Gasteiger partial charge in [-0.15, -0.1) is 0 Å². The maximum Gasteiger partial charge on any atom is 0.157 e. The van der Waals surface area contributed by atoms with Crippen LogP contribution in [0, 0.1) is 16.7 Å². The highest BCUT2D eigenvalue weighted by atomic mass is 16.6. The molecule has 0 heterocycles. The lowest BCUT2D eigenvalue weighted by Gasteiger charge is -2.35. The maximum absolute atomic E-state index is 9.95. The maximum atomic E-state index is 9.95. The molecule has 1 N–H and O–H groups in total. The summed E-state index contributed by atoms with van der Waals surface area (Å²) in [6, 6.07) is 0. The SMILES string of the molecule is COC(O)C1CCC=C(C(C)(C)CCC=C(C)C(C)(C)C)C1. The van der Waals surface area contributed by atoms with E-state index >= 15 is 0 Å². The van der Waals surface area contributed by atoms with Crippen LogP contribution in [0.5, 0.6) is 0 Å². The third kappa shape index (κ3) is 5.55. The Labute approximate surface area is 137 Å². The van der Waals surface area contributed by atoms with E-state index in [0.29, 0.717) is 0 Å². The van der Waals surface area contributed by atoms with Crippen molar-refractivity contribution in [2.75, 3.05) is 7.11 Å². The minimum absolute atomic E-state index is 0.195. The largest absolute Gasteiger partial charge is 0.368 e. The van der Waals surface area contributed by atoms with Crippen LogP contribution in [0.4, 0.5) is 0 Å². The Kier molecular flexibility index (Phi) is 6.88. The number of hydrogen-bond donors (Lipinski definition) is 1. The van der Waals surface area contributed by atoms with Gasteiger partial charge in [0.15, 0.2) is 6.29 Å². The summed E-state index contributed by atoms with van der Waals surface area (Å²) < 4.78 is 5.12. The average Bonchev–Trinajstić information content (AvgIpc) is 2.45. The van der Waals surface area contributed by atoms with Crippen molar-refractivity contribution >= 4 is 0 Å². The summed E-state index contributed by atoms with van der Waals surface area (Å²) in [6.07, 6.45) is 9.48. The Morgan fingerprint density at radius 2 is 2.00 bits per heavy atom. The van der Waals surface area contributed by atoms with Crippen molar-refractivity contribution in [3.05, 3.63) is 23.3 Å². The van der Waals surface area contributed by atoms with Gasteiger partial charge in [-0.05, 0) is 49.9 Å². The van der Waals surface area contributed by atoms with Crippen LogP contribution in [-0.4, -0.2) is 18.5 Å². The van der Waals surface area contributed by atoms with Crippen molar-refractivity contribution in [1.82, 2.24) is 0 Å². The van der Waals surface area contributed by atoms with Crippen LogP contribution in [-0.2, 0) is 4.74 Å².